The monoisotopic (exact) mass is 578 g/mol. The van der Waals surface area contributed by atoms with E-state index in [0.717, 1.165) is 10.6 Å². The van der Waals surface area contributed by atoms with Crippen LogP contribution < -0.4 is 10.1 Å². The highest BCUT2D eigenvalue weighted by molar-refractivity contribution is 7.71. The number of halogens is 1. The summed E-state index contributed by atoms with van der Waals surface area (Å²) in [6.07, 6.45) is -5.12. The van der Waals surface area contributed by atoms with Crippen LogP contribution in [-0.2, 0) is 23.4 Å². The number of esters is 1. The van der Waals surface area contributed by atoms with Crippen molar-refractivity contribution in [2.45, 2.75) is 57.8 Å². The molecule has 14 heteroatoms. The number of hydrogen-bond donors (Lipinski definition) is 3. The Morgan fingerprint density at radius 2 is 2.00 bits per heavy atom. The molecule has 204 valence electrons. The zero-order chi connectivity index (χ0) is 29.3. The van der Waals surface area contributed by atoms with E-state index in [0.29, 0.717) is 5.02 Å². The predicted octanol–water partition coefficient (Wildman–Crippen LogP) is 3.44. The SMILES string of the molecule is [2H]C([2H])(OP(=O)(C[C@@H](C)C(=O)OC(C)C)Oc1ccc(Cl)cc1)[C@H]1O[C@@H](n2ccc(=O)[nH]c2=S)C(C)(O)[C@H]1O. The number of aromatic nitrogens is 2. The minimum Gasteiger partial charge on any atom is -0.463 e. The summed E-state index contributed by atoms with van der Waals surface area (Å²) in [6.45, 7) is 2.84. The van der Waals surface area contributed by atoms with Gasteiger partial charge < -0.3 is 24.2 Å². The van der Waals surface area contributed by atoms with E-state index in [4.69, 9.17) is 45.1 Å². The molecule has 0 bridgehead atoms. The van der Waals surface area contributed by atoms with Gasteiger partial charge in [0.2, 0.25) is 0 Å². The van der Waals surface area contributed by atoms with Crippen molar-refractivity contribution in [3.63, 3.8) is 0 Å². The molecule has 0 amide bonds. The van der Waals surface area contributed by atoms with Crippen LogP contribution in [0.25, 0.3) is 0 Å². The highest BCUT2D eigenvalue weighted by Gasteiger charge is 2.53. The van der Waals surface area contributed by atoms with Crippen LogP contribution in [-0.4, -0.2) is 62.4 Å². The molecule has 1 saturated heterocycles. The first-order valence-electron chi connectivity index (χ1n) is 12.3. The Labute approximate surface area is 226 Å². The Morgan fingerprint density at radius 3 is 2.59 bits per heavy atom. The number of carbonyl (C=O) groups excluding carboxylic acids is 1. The van der Waals surface area contributed by atoms with E-state index < -0.39 is 67.9 Å². The van der Waals surface area contributed by atoms with Crippen LogP contribution in [0.1, 0.15) is 36.7 Å². The summed E-state index contributed by atoms with van der Waals surface area (Å²) < 4.78 is 53.9. The van der Waals surface area contributed by atoms with Gasteiger partial charge >= 0.3 is 13.6 Å². The Morgan fingerprint density at radius 1 is 1.35 bits per heavy atom. The van der Waals surface area contributed by atoms with Crippen LogP contribution in [0.4, 0.5) is 0 Å². The molecule has 0 aliphatic carbocycles. The standard InChI is InChI=1S/C23H30ClN2O9PS/c1-13(2)33-20(29)14(3)12-36(31,35-16-7-5-15(24)6-8-16)32-11-17-19(28)23(4,30)21(34-17)26-10-9-18(27)25-22(26)37/h5-10,13-14,17,19,21,28,30H,11-12H2,1-4H3,(H,25,27,37)/t14-,17-,19+,21-,23?,36?/m1/s1/i11D2. The second kappa shape index (κ2) is 11.8. The van der Waals surface area contributed by atoms with Gasteiger partial charge in [-0.05, 0) is 57.3 Å². The Hall–Kier alpha value is -2.05. The maximum atomic E-state index is 14.0. The van der Waals surface area contributed by atoms with Crippen molar-refractivity contribution in [1.82, 2.24) is 9.55 Å². The molecule has 2 heterocycles. The minimum absolute atomic E-state index is 0.0141. The fourth-order valence-corrected chi connectivity index (χ4v) is 5.59. The number of hydrogen-bond acceptors (Lipinski definition) is 10. The van der Waals surface area contributed by atoms with Gasteiger partial charge in [0.15, 0.2) is 11.0 Å². The number of aliphatic hydroxyl groups is 2. The number of carbonyl (C=O) groups is 1. The summed E-state index contributed by atoms with van der Waals surface area (Å²) in [4.78, 5) is 26.4. The van der Waals surface area contributed by atoms with Gasteiger partial charge in [0.05, 0.1) is 27.5 Å². The zero-order valence-corrected chi connectivity index (χ0v) is 23.0. The van der Waals surface area contributed by atoms with Crippen molar-refractivity contribution < 1.29 is 40.8 Å². The van der Waals surface area contributed by atoms with Gasteiger partial charge in [0.1, 0.15) is 23.6 Å². The van der Waals surface area contributed by atoms with Crippen LogP contribution in [0.15, 0.2) is 41.3 Å². The number of H-pyrrole nitrogens is 1. The third-order valence-corrected chi connectivity index (χ3v) is 7.81. The predicted molar refractivity (Wildman–Crippen MR) is 137 cm³/mol. The Balaban J connectivity index is 1.94. The number of benzene rings is 1. The first kappa shape index (κ1) is 26.6. The molecule has 1 aliphatic rings. The number of aromatic amines is 1. The van der Waals surface area contributed by atoms with Gasteiger partial charge in [-0.1, -0.05) is 18.5 Å². The van der Waals surface area contributed by atoms with Crippen molar-refractivity contribution in [2.75, 3.05) is 12.7 Å². The molecule has 0 spiro atoms. The topological polar surface area (TPSA) is 149 Å². The van der Waals surface area contributed by atoms with Crippen molar-refractivity contribution in [3.8, 4) is 5.75 Å². The molecule has 3 rings (SSSR count). The molecule has 1 aromatic carbocycles. The summed E-state index contributed by atoms with van der Waals surface area (Å²) in [7, 11) is -4.53. The highest BCUT2D eigenvalue weighted by Crippen LogP contribution is 2.51. The molecular formula is C23H30ClN2O9PS. The summed E-state index contributed by atoms with van der Waals surface area (Å²) in [5, 5.41) is 22.3. The molecule has 6 atom stereocenters. The molecule has 37 heavy (non-hydrogen) atoms. The third-order valence-electron chi connectivity index (χ3n) is 5.38. The fourth-order valence-electron chi connectivity index (χ4n) is 3.49. The van der Waals surface area contributed by atoms with Gasteiger partial charge in [-0.3, -0.25) is 23.7 Å². The van der Waals surface area contributed by atoms with E-state index in [9.17, 15) is 24.4 Å². The van der Waals surface area contributed by atoms with E-state index >= 15 is 0 Å². The largest absolute Gasteiger partial charge is 0.463 e. The van der Waals surface area contributed by atoms with Crippen LogP contribution >= 0.6 is 31.4 Å². The lowest BCUT2D eigenvalue weighted by Crippen LogP contribution is -2.44. The summed E-state index contributed by atoms with van der Waals surface area (Å²) in [5.74, 6) is -1.73. The molecule has 11 nitrogen and oxygen atoms in total. The second-order valence-corrected chi connectivity index (χ2v) is 11.8. The van der Waals surface area contributed by atoms with Crippen molar-refractivity contribution in [1.29, 1.82) is 0 Å². The quantitative estimate of drug-likeness (QED) is 0.217. The maximum Gasteiger partial charge on any atom is 0.380 e. The average molecular weight is 579 g/mol. The van der Waals surface area contributed by atoms with E-state index in [1.54, 1.807) is 13.8 Å². The average Bonchev–Trinajstić information content (AvgIpc) is 3.04. The number of ether oxygens (including phenoxy) is 2. The lowest BCUT2D eigenvalue weighted by atomic mass is 9.96. The molecule has 1 aromatic heterocycles. The molecule has 0 radical (unpaired) electrons. The number of nitrogens with zero attached hydrogens (tertiary/aromatic N) is 1. The van der Waals surface area contributed by atoms with Gasteiger partial charge in [-0.2, -0.15) is 0 Å². The maximum absolute atomic E-state index is 14.0. The first-order valence-corrected chi connectivity index (χ1v) is 13.8. The van der Waals surface area contributed by atoms with Gasteiger partial charge in [-0.25, -0.2) is 4.57 Å². The number of aliphatic hydroxyl groups excluding tert-OH is 1. The third kappa shape index (κ3) is 7.29. The van der Waals surface area contributed by atoms with E-state index in [-0.39, 0.29) is 10.5 Å². The van der Waals surface area contributed by atoms with Gasteiger partial charge in [0, 0.05) is 17.3 Å². The molecule has 3 N–H and O–H groups in total. The minimum atomic E-state index is -4.53. The van der Waals surface area contributed by atoms with Crippen molar-refractivity contribution >= 4 is 37.4 Å². The molecular weight excluding hydrogens is 547 g/mol. The fraction of sp³-hybridized carbons (Fsp3) is 0.522. The summed E-state index contributed by atoms with van der Waals surface area (Å²) >= 11 is 11.0. The number of rotatable bonds is 10. The van der Waals surface area contributed by atoms with Crippen LogP contribution in [0, 0.1) is 10.7 Å². The second-order valence-electron chi connectivity index (χ2n) is 9.03. The summed E-state index contributed by atoms with van der Waals surface area (Å²) in [6, 6.07) is 6.76. The summed E-state index contributed by atoms with van der Waals surface area (Å²) in [5.41, 5.74) is -2.65. The van der Waals surface area contributed by atoms with Crippen LogP contribution in [0.3, 0.4) is 0 Å². The molecule has 1 fully saturated rings. The van der Waals surface area contributed by atoms with Crippen LogP contribution in [0.2, 0.25) is 5.02 Å². The molecule has 2 unspecified atom stereocenters. The molecule has 0 saturated carbocycles. The smallest absolute Gasteiger partial charge is 0.380 e. The first-order chi connectivity index (χ1) is 17.9. The molecule has 2 aromatic rings. The van der Waals surface area contributed by atoms with E-state index in [2.05, 4.69) is 4.98 Å². The lowest BCUT2D eigenvalue weighted by molar-refractivity contribution is -0.151. The number of nitrogens with one attached hydrogen (secondary N) is 1. The normalized spacial score (nSPS) is 27.2. The van der Waals surface area contributed by atoms with Crippen molar-refractivity contribution in [2.24, 2.45) is 5.92 Å². The Kier molecular flexibility index (Phi) is 8.45. The van der Waals surface area contributed by atoms with Gasteiger partial charge in [0.25, 0.3) is 5.56 Å². The zero-order valence-electron chi connectivity index (χ0n) is 22.5. The highest BCUT2D eigenvalue weighted by atomic mass is 35.5. The van der Waals surface area contributed by atoms with Gasteiger partial charge in [-0.15, -0.1) is 0 Å². The Bertz CT molecular complexity index is 1350. The van der Waals surface area contributed by atoms with Crippen LogP contribution in [0.5, 0.6) is 5.75 Å². The van der Waals surface area contributed by atoms with E-state index in [1.807, 2.05) is 0 Å². The molecule has 1 aliphatic heterocycles. The lowest BCUT2D eigenvalue weighted by Gasteiger charge is -2.28. The van der Waals surface area contributed by atoms with Crippen molar-refractivity contribution in [3.05, 3.63) is 56.7 Å². The van der Waals surface area contributed by atoms with E-state index in [1.165, 1.54) is 44.3 Å².